The van der Waals surface area contributed by atoms with Crippen molar-refractivity contribution < 1.29 is 13.3 Å². The number of hydrogen-bond acceptors (Lipinski definition) is 6. The first-order valence-electron chi connectivity index (χ1n) is 9.12. The molecule has 0 saturated heterocycles. The van der Waals surface area contributed by atoms with E-state index in [9.17, 15) is 23.3 Å². The maximum Gasteiger partial charge on any atom is 0.275 e. The van der Waals surface area contributed by atoms with Crippen LogP contribution in [0.15, 0.2) is 76.4 Å². The first kappa shape index (κ1) is 20.2. The highest BCUT2D eigenvalue weighted by molar-refractivity contribution is 7.92. The number of hydrogen-bond donors (Lipinski definition) is 2. The molecule has 1 heterocycles. The fraction of sp³-hybridized carbons (Fsp3) is 0.0476. The van der Waals surface area contributed by atoms with Gasteiger partial charge in [0.25, 0.3) is 21.3 Å². The van der Waals surface area contributed by atoms with Gasteiger partial charge in [0.2, 0.25) is 0 Å². The van der Waals surface area contributed by atoms with Gasteiger partial charge in [-0.3, -0.25) is 19.6 Å². The van der Waals surface area contributed by atoms with Crippen molar-refractivity contribution in [2.24, 2.45) is 0 Å². The number of aryl methyl sites for hydroxylation is 1. The largest absolute Gasteiger partial charge is 0.319 e. The Balaban J connectivity index is 1.81. The molecular formula is C21H16N4O5S. The Hall–Kier alpha value is -4.05. The molecule has 0 radical (unpaired) electrons. The highest BCUT2D eigenvalue weighted by Gasteiger charge is 2.21. The highest BCUT2D eigenvalue weighted by atomic mass is 32.2. The van der Waals surface area contributed by atoms with E-state index in [1.807, 2.05) is 0 Å². The maximum absolute atomic E-state index is 12.9. The normalized spacial score (nSPS) is 11.4. The zero-order chi connectivity index (χ0) is 22.2. The monoisotopic (exact) mass is 436 g/mol. The van der Waals surface area contributed by atoms with Crippen molar-refractivity contribution in [2.75, 3.05) is 4.72 Å². The van der Waals surface area contributed by atoms with Gasteiger partial charge in [-0.05, 0) is 36.8 Å². The standard InChI is InChI=1S/C21H16N4O5S/c1-13-5-4-6-16(20-21(26)23-18-8-3-2-7-17(18)22-20)19(13)24-31(29,30)15-11-9-14(10-12-15)25(27)28/h2-12,24H,1H3,(H,23,26). The Morgan fingerprint density at radius 3 is 2.42 bits per heavy atom. The van der Waals surface area contributed by atoms with Crippen LogP contribution < -0.4 is 10.3 Å². The number of anilines is 1. The van der Waals surface area contributed by atoms with Crippen molar-refractivity contribution in [3.05, 3.63) is 92.8 Å². The molecule has 10 heteroatoms. The lowest BCUT2D eigenvalue weighted by Crippen LogP contribution is -2.17. The number of sulfonamides is 1. The van der Waals surface area contributed by atoms with Gasteiger partial charge < -0.3 is 4.98 Å². The second-order valence-corrected chi connectivity index (χ2v) is 8.47. The van der Waals surface area contributed by atoms with Crippen molar-refractivity contribution in [2.45, 2.75) is 11.8 Å². The van der Waals surface area contributed by atoms with E-state index >= 15 is 0 Å². The molecule has 4 aromatic rings. The first-order chi connectivity index (χ1) is 14.8. The van der Waals surface area contributed by atoms with Crippen LogP contribution in [0.25, 0.3) is 22.3 Å². The molecule has 0 unspecified atom stereocenters. The lowest BCUT2D eigenvalue weighted by atomic mass is 10.1. The number of nitro groups is 1. The number of non-ortho nitro benzene ring substituents is 1. The number of H-pyrrole nitrogens is 1. The van der Waals surface area contributed by atoms with Gasteiger partial charge >= 0.3 is 0 Å². The van der Waals surface area contributed by atoms with E-state index in [-0.39, 0.29) is 22.0 Å². The number of nitrogens with one attached hydrogen (secondary N) is 2. The smallest absolute Gasteiger partial charge is 0.275 e. The molecule has 0 amide bonds. The van der Waals surface area contributed by atoms with Crippen LogP contribution in [0.4, 0.5) is 11.4 Å². The summed E-state index contributed by atoms with van der Waals surface area (Å²) in [5.41, 5.74) is 1.62. The molecule has 156 valence electrons. The summed E-state index contributed by atoms with van der Waals surface area (Å²) in [7, 11) is -4.08. The van der Waals surface area contributed by atoms with E-state index in [0.717, 1.165) is 24.3 Å². The fourth-order valence-electron chi connectivity index (χ4n) is 3.15. The summed E-state index contributed by atoms with van der Waals surface area (Å²) in [5.74, 6) is 0. The average Bonchev–Trinajstić information content (AvgIpc) is 2.75. The Morgan fingerprint density at radius 1 is 1.00 bits per heavy atom. The molecule has 0 saturated carbocycles. The van der Waals surface area contributed by atoms with Gasteiger partial charge in [-0.2, -0.15) is 0 Å². The fourth-order valence-corrected chi connectivity index (χ4v) is 4.30. The lowest BCUT2D eigenvalue weighted by Gasteiger charge is -2.15. The number of para-hydroxylation sites is 3. The van der Waals surface area contributed by atoms with Crippen LogP contribution in [0.2, 0.25) is 0 Å². The average molecular weight is 436 g/mol. The van der Waals surface area contributed by atoms with Gasteiger partial charge in [0.15, 0.2) is 0 Å². The predicted molar refractivity (Wildman–Crippen MR) is 116 cm³/mol. The topological polar surface area (TPSA) is 135 Å². The summed E-state index contributed by atoms with van der Waals surface area (Å²) >= 11 is 0. The lowest BCUT2D eigenvalue weighted by molar-refractivity contribution is -0.384. The van der Waals surface area contributed by atoms with E-state index in [1.165, 1.54) is 0 Å². The molecule has 0 aliphatic carbocycles. The molecule has 0 spiro atoms. The second kappa shape index (κ2) is 7.65. The van der Waals surface area contributed by atoms with E-state index in [4.69, 9.17) is 0 Å². The zero-order valence-electron chi connectivity index (χ0n) is 16.2. The van der Waals surface area contributed by atoms with Crippen LogP contribution in [0.5, 0.6) is 0 Å². The number of nitro benzene ring substituents is 1. The quantitative estimate of drug-likeness (QED) is 0.362. The van der Waals surface area contributed by atoms with Gasteiger partial charge in [-0.25, -0.2) is 13.4 Å². The summed E-state index contributed by atoms with van der Waals surface area (Å²) in [5, 5.41) is 10.8. The minimum Gasteiger partial charge on any atom is -0.319 e. The predicted octanol–water partition coefficient (Wildman–Crippen LogP) is 3.61. The third-order valence-corrected chi connectivity index (χ3v) is 6.09. The van der Waals surface area contributed by atoms with Crippen LogP contribution in [-0.4, -0.2) is 23.3 Å². The summed E-state index contributed by atoms with van der Waals surface area (Å²) < 4.78 is 28.4. The van der Waals surface area contributed by atoms with Crippen LogP contribution in [0.1, 0.15) is 5.56 Å². The minimum absolute atomic E-state index is 0.0730. The van der Waals surface area contributed by atoms with Crippen LogP contribution in [0.3, 0.4) is 0 Å². The van der Waals surface area contributed by atoms with Gasteiger partial charge in [0.05, 0.1) is 26.5 Å². The summed E-state index contributed by atoms with van der Waals surface area (Å²) in [6.07, 6.45) is 0. The Morgan fingerprint density at radius 2 is 1.71 bits per heavy atom. The van der Waals surface area contributed by atoms with Crippen LogP contribution in [0, 0.1) is 17.0 Å². The summed E-state index contributed by atoms with van der Waals surface area (Å²) in [4.78, 5) is 29.9. The van der Waals surface area contributed by atoms with Gasteiger partial charge in [-0.1, -0.05) is 30.3 Å². The molecule has 0 aliphatic rings. The molecule has 3 aromatic carbocycles. The number of nitrogens with zero attached hydrogens (tertiary/aromatic N) is 2. The molecule has 0 bridgehead atoms. The third kappa shape index (κ3) is 3.88. The van der Waals surface area contributed by atoms with Crippen molar-refractivity contribution >= 4 is 32.4 Å². The van der Waals surface area contributed by atoms with Crippen LogP contribution >= 0.6 is 0 Å². The molecule has 1 aromatic heterocycles. The Bertz CT molecular complexity index is 1480. The number of fused-ring (bicyclic) bond motifs is 1. The number of aromatic nitrogens is 2. The van der Waals surface area contributed by atoms with Gasteiger partial charge in [0.1, 0.15) is 5.69 Å². The summed E-state index contributed by atoms with van der Waals surface area (Å²) in [6.45, 7) is 1.70. The van der Waals surface area contributed by atoms with Crippen molar-refractivity contribution in [1.29, 1.82) is 0 Å². The van der Waals surface area contributed by atoms with E-state index in [2.05, 4.69) is 14.7 Å². The minimum atomic E-state index is -4.08. The highest BCUT2D eigenvalue weighted by Crippen LogP contribution is 2.31. The molecule has 0 aliphatic heterocycles. The maximum atomic E-state index is 12.9. The Kier molecular flexibility index (Phi) is 4.99. The number of rotatable bonds is 5. The number of aromatic amines is 1. The second-order valence-electron chi connectivity index (χ2n) is 6.79. The Labute approximate surface area is 176 Å². The van der Waals surface area contributed by atoms with Crippen molar-refractivity contribution in [3.63, 3.8) is 0 Å². The third-order valence-electron chi connectivity index (χ3n) is 4.72. The van der Waals surface area contributed by atoms with Gasteiger partial charge in [-0.15, -0.1) is 0 Å². The molecule has 2 N–H and O–H groups in total. The molecule has 9 nitrogen and oxygen atoms in total. The van der Waals surface area contributed by atoms with Crippen molar-refractivity contribution in [3.8, 4) is 11.3 Å². The van der Waals surface area contributed by atoms with Gasteiger partial charge in [0, 0.05) is 17.7 Å². The molecule has 31 heavy (non-hydrogen) atoms. The molecule has 0 atom stereocenters. The van der Waals surface area contributed by atoms with E-state index in [1.54, 1.807) is 49.4 Å². The van der Waals surface area contributed by atoms with E-state index in [0.29, 0.717) is 22.2 Å². The van der Waals surface area contributed by atoms with Crippen molar-refractivity contribution in [1.82, 2.24) is 9.97 Å². The van der Waals surface area contributed by atoms with E-state index < -0.39 is 20.5 Å². The first-order valence-corrected chi connectivity index (χ1v) is 10.6. The molecular weight excluding hydrogens is 420 g/mol. The number of benzene rings is 3. The summed E-state index contributed by atoms with van der Waals surface area (Å²) in [6, 6.07) is 16.6. The van der Waals surface area contributed by atoms with Crippen LogP contribution in [-0.2, 0) is 10.0 Å². The SMILES string of the molecule is Cc1cccc(-c2nc3ccccc3[nH]c2=O)c1NS(=O)(=O)c1ccc([N+](=O)[O-])cc1. The molecule has 4 rings (SSSR count). The molecule has 0 fully saturated rings. The zero-order valence-corrected chi connectivity index (χ0v) is 17.0.